The van der Waals surface area contributed by atoms with Crippen LogP contribution in [0.3, 0.4) is 0 Å². The molecule has 1 aliphatic heterocycles. The number of amides is 1. The molecule has 150 valence electrons. The van der Waals surface area contributed by atoms with Crippen molar-refractivity contribution in [2.24, 2.45) is 10.9 Å². The molecule has 1 aromatic carbocycles. The molecule has 0 fully saturated rings. The molecule has 1 amide bonds. The minimum atomic E-state index is -4.70. The fourth-order valence-electron chi connectivity index (χ4n) is 2.51. The highest BCUT2D eigenvalue weighted by Gasteiger charge is 2.47. The van der Waals surface area contributed by atoms with Gasteiger partial charge in [0, 0.05) is 11.3 Å². The lowest BCUT2D eigenvalue weighted by atomic mass is 9.92. The van der Waals surface area contributed by atoms with Gasteiger partial charge >= 0.3 is 12.3 Å². The lowest BCUT2D eigenvalue weighted by molar-refractivity contribution is -0.192. The summed E-state index contributed by atoms with van der Waals surface area (Å²) in [6.45, 7) is 3.76. The first-order chi connectivity index (χ1) is 12.4. The average Bonchev–Trinajstić information content (AvgIpc) is 2.69. The molecule has 0 aliphatic carbocycles. The van der Waals surface area contributed by atoms with Crippen LogP contribution in [0.25, 0.3) is 0 Å². The van der Waals surface area contributed by atoms with Gasteiger partial charge in [-0.2, -0.15) is 13.2 Å². The molecule has 0 aromatic heterocycles. The normalized spacial score (nSPS) is 21.2. The number of hydrogen-bond donors (Lipinski definition) is 2. The Bertz CT molecular complexity index is 729. The Balaban J connectivity index is 2.40. The van der Waals surface area contributed by atoms with Gasteiger partial charge in [-0.3, -0.25) is 10.3 Å². The third-order valence-electron chi connectivity index (χ3n) is 3.62. The van der Waals surface area contributed by atoms with Crippen LogP contribution in [0.4, 0.5) is 28.0 Å². The summed E-state index contributed by atoms with van der Waals surface area (Å²) >= 11 is 0. The molecule has 0 saturated carbocycles. The number of benzene rings is 1. The van der Waals surface area contributed by atoms with E-state index < -0.39 is 42.3 Å². The van der Waals surface area contributed by atoms with Crippen molar-refractivity contribution in [1.82, 2.24) is 5.32 Å². The van der Waals surface area contributed by atoms with Crippen molar-refractivity contribution in [3.8, 4) is 0 Å². The van der Waals surface area contributed by atoms with Gasteiger partial charge in [0.05, 0.1) is 12.6 Å². The van der Waals surface area contributed by atoms with Crippen LogP contribution >= 0.6 is 0 Å². The van der Waals surface area contributed by atoms with Gasteiger partial charge in [-0.15, -0.1) is 0 Å². The van der Waals surface area contributed by atoms with Crippen LogP contribution in [-0.4, -0.2) is 36.9 Å². The number of rotatable bonds is 1. The Hall–Kier alpha value is -2.36. The Morgan fingerprint density at radius 1 is 1.33 bits per heavy atom. The van der Waals surface area contributed by atoms with Crippen LogP contribution in [-0.2, 0) is 9.47 Å². The second-order valence-corrected chi connectivity index (χ2v) is 7.09. The van der Waals surface area contributed by atoms with E-state index in [9.17, 15) is 22.4 Å². The van der Waals surface area contributed by atoms with Crippen molar-refractivity contribution >= 4 is 17.6 Å². The smallest absolute Gasteiger partial charge is 0.413 e. The van der Waals surface area contributed by atoms with Crippen LogP contribution in [0.15, 0.2) is 23.2 Å². The van der Waals surface area contributed by atoms with Crippen LogP contribution in [0, 0.1) is 11.7 Å². The second kappa shape index (κ2) is 7.71. The molecule has 0 bridgehead atoms. The van der Waals surface area contributed by atoms with Gasteiger partial charge in [0.15, 0.2) is 0 Å². The van der Waals surface area contributed by atoms with E-state index >= 15 is 0 Å². The number of alkyl halides is 3. The molecule has 3 N–H and O–H groups in total. The summed E-state index contributed by atoms with van der Waals surface area (Å²) in [7, 11) is 0. The number of hydrogen-bond acceptors (Lipinski definition) is 5. The minimum absolute atomic E-state index is 0.0920. The third-order valence-corrected chi connectivity index (χ3v) is 3.62. The topological polar surface area (TPSA) is 85.9 Å². The number of nitrogen functional groups attached to an aromatic ring is 1. The number of nitrogens with one attached hydrogen (secondary N) is 1. The third kappa shape index (κ3) is 5.81. The van der Waals surface area contributed by atoms with Crippen molar-refractivity contribution in [1.29, 1.82) is 0 Å². The molecule has 10 heteroatoms. The van der Waals surface area contributed by atoms with E-state index in [-0.39, 0.29) is 23.7 Å². The maximum atomic E-state index is 14.2. The number of nitrogens with two attached hydrogens (primary N) is 1. The Kier molecular flexibility index (Phi) is 5.98. The highest BCUT2D eigenvalue weighted by molar-refractivity contribution is 5.96. The molecular formula is C17H21F4N3O3. The molecule has 2 rings (SSSR count). The van der Waals surface area contributed by atoms with E-state index in [1.807, 2.05) is 0 Å². The number of anilines is 1. The molecule has 6 nitrogen and oxygen atoms in total. The van der Waals surface area contributed by atoms with E-state index in [1.54, 1.807) is 20.8 Å². The number of carbonyl (C=O) groups excluding carboxylic acids is 1. The van der Waals surface area contributed by atoms with Crippen molar-refractivity contribution in [2.45, 2.75) is 38.6 Å². The summed E-state index contributed by atoms with van der Waals surface area (Å²) in [5.41, 5.74) is 4.54. The molecule has 0 saturated heterocycles. The highest BCUT2D eigenvalue weighted by Crippen LogP contribution is 2.41. The van der Waals surface area contributed by atoms with Gasteiger partial charge in [0.2, 0.25) is 0 Å². The highest BCUT2D eigenvalue weighted by atomic mass is 19.4. The maximum Gasteiger partial charge on any atom is 0.413 e. The molecular weight excluding hydrogens is 370 g/mol. The molecule has 0 radical (unpaired) electrons. The maximum absolute atomic E-state index is 14.2. The molecule has 0 spiro atoms. The molecule has 27 heavy (non-hydrogen) atoms. The van der Waals surface area contributed by atoms with E-state index in [1.165, 1.54) is 6.07 Å². The summed E-state index contributed by atoms with van der Waals surface area (Å²) in [5.74, 6) is -3.18. The minimum Gasteiger partial charge on any atom is -0.444 e. The summed E-state index contributed by atoms with van der Waals surface area (Å²) in [6.07, 6.45) is -5.60. The number of amidine groups is 1. The lowest BCUT2D eigenvalue weighted by Crippen LogP contribution is -2.38. The molecule has 2 atom stereocenters. The van der Waals surface area contributed by atoms with E-state index in [0.29, 0.717) is 0 Å². The van der Waals surface area contributed by atoms with Crippen molar-refractivity contribution in [3.05, 3.63) is 29.6 Å². The summed E-state index contributed by atoms with van der Waals surface area (Å²) in [5, 5.41) is 2.26. The first-order valence-corrected chi connectivity index (χ1v) is 8.13. The number of nitrogens with zero attached hydrogens (tertiary/aromatic N) is 1. The number of ether oxygens (including phenoxy) is 2. The largest absolute Gasteiger partial charge is 0.444 e. The molecule has 1 aromatic rings. The number of alkyl carbamates (subject to hydrolysis) is 1. The Morgan fingerprint density at radius 2 is 2.00 bits per heavy atom. The zero-order chi connectivity index (χ0) is 20.4. The van der Waals surface area contributed by atoms with Gasteiger partial charge < -0.3 is 15.2 Å². The van der Waals surface area contributed by atoms with E-state index in [4.69, 9.17) is 15.2 Å². The fraction of sp³-hybridized carbons (Fsp3) is 0.529. The predicted octanol–water partition coefficient (Wildman–Crippen LogP) is 3.58. The quantitative estimate of drug-likeness (QED) is 0.566. The molecule has 2 unspecified atom stereocenters. The fourth-order valence-corrected chi connectivity index (χ4v) is 2.51. The van der Waals surface area contributed by atoms with Crippen molar-refractivity contribution in [3.63, 3.8) is 0 Å². The first-order valence-electron chi connectivity index (χ1n) is 8.13. The Morgan fingerprint density at radius 3 is 2.59 bits per heavy atom. The second-order valence-electron chi connectivity index (χ2n) is 7.09. The standard InChI is InChI=1S/C17H21F4N3O3/c1-16(2,3)27-15(25)24-13-8-26-7-11(17(19,20)21)14(23-13)10-6-9(22)4-5-12(10)18/h4-6,11,14H,7-8,22H2,1-3H3,(H,23,24,25). The monoisotopic (exact) mass is 391 g/mol. The predicted molar refractivity (Wildman–Crippen MR) is 90.7 cm³/mol. The summed E-state index contributed by atoms with van der Waals surface area (Å²) in [6, 6.07) is 1.64. The zero-order valence-electron chi connectivity index (χ0n) is 15.1. The lowest BCUT2D eigenvalue weighted by Gasteiger charge is -2.25. The number of aliphatic imine (C=N–C) groups is 1. The van der Waals surface area contributed by atoms with Gasteiger partial charge in [-0.05, 0) is 39.0 Å². The van der Waals surface area contributed by atoms with E-state index in [0.717, 1.165) is 12.1 Å². The van der Waals surface area contributed by atoms with Crippen molar-refractivity contribution < 1.29 is 31.8 Å². The van der Waals surface area contributed by atoms with Crippen LogP contribution in [0.5, 0.6) is 0 Å². The summed E-state index contributed by atoms with van der Waals surface area (Å²) < 4.78 is 64.8. The van der Waals surface area contributed by atoms with Crippen LogP contribution in [0.2, 0.25) is 0 Å². The summed E-state index contributed by atoms with van der Waals surface area (Å²) in [4.78, 5) is 15.8. The first kappa shape index (κ1) is 20.9. The molecule has 1 heterocycles. The SMILES string of the molecule is CC(C)(C)OC(=O)NC1=NC(c2cc(N)ccc2F)C(C(F)(F)F)COC1. The van der Waals surface area contributed by atoms with Gasteiger partial charge in [-0.25, -0.2) is 9.18 Å². The zero-order valence-corrected chi connectivity index (χ0v) is 15.1. The molecule has 1 aliphatic rings. The van der Waals surface area contributed by atoms with E-state index in [2.05, 4.69) is 10.3 Å². The number of halogens is 4. The van der Waals surface area contributed by atoms with Crippen LogP contribution < -0.4 is 11.1 Å². The Labute approximate surface area is 153 Å². The van der Waals surface area contributed by atoms with Gasteiger partial charge in [0.25, 0.3) is 0 Å². The van der Waals surface area contributed by atoms with Gasteiger partial charge in [0.1, 0.15) is 29.8 Å². The van der Waals surface area contributed by atoms with Crippen molar-refractivity contribution in [2.75, 3.05) is 18.9 Å². The van der Waals surface area contributed by atoms with Crippen LogP contribution in [0.1, 0.15) is 32.4 Å². The average molecular weight is 391 g/mol. The number of carbonyl (C=O) groups is 1. The van der Waals surface area contributed by atoms with Gasteiger partial charge in [-0.1, -0.05) is 0 Å².